The van der Waals surface area contributed by atoms with Crippen molar-refractivity contribution in [2.24, 2.45) is 0 Å². The lowest BCUT2D eigenvalue weighted by molar-refractivity contribution is 0.117. The number of aryl methyl sites for hydroxylation is 1. The molecule has 0 spiro atoms. The van der Waals surface area contributed by atoms with Crippen molar-refractivity contribution in [1.82, 2.24) is 10.6 Å². The Kier molecular flexibility index (Phi) is 6.71. The lowest BCUT2D eigenvalue weighted by Gasteiger charge is -2.27. The van der Waals surface area contributed by atoms with Crippen molar-refractivity contribution >= 4 is 11.7 Å². The fourth-order valence-electron chi connectivity index (χ4n) is 3.06. The van der Waals surface area contributed by atoms with Gasteiger partial charge in [0.05, 0.1) is 6.10 Å². The zero-order chi connectivity index (χ0) is 16.7. The number of amides is 2. The average Bonchev–Trinajstić information content (AvgIpc) is 2.54. The van der Waals surface area contributed by atoms with Gasteiger partial charge in [-0.1, -0.05) is 12.1 Å². The minimum atomic E-state index is -0.191. The largest absolute Gasteiger partial charge is 0.393 e. The molecule has 0 atom stereocenters. The Morgan fingerprint density at radius 3 is 2.70 bits per heavy atom. The molecule has 0 saturated heterocycles. The normalized spacial score (nSPS) is 20.8. The van der Waals surface area contributed by atoms with E-state index in [9.17, 15) is 9.90 Å². The lowest BCUT2D eigenvalue weighted by Crippen LogP contribution is -2.46. The van der Waals surface area contributed by atoms with E-state index in [0.29, 0.717) is 6.54 Å². The van der Waals surface area contributed by atoms with Gasteiger partial charge in [-0.3, -0.25) is 0 Å². The molecule has 0 aliphatic heterocycles. The zero-order valence-electron chi connectivity index (χ0n) is 14.2. The number of likely N-dealkylation sites (N-methyl/N-ethyl adjacent to an activating group) is 1. The fourth-order valence-corrected chi connectivity index (χ4v) is 3.06. The highest BCUT2D eigenvalue weighted by Crippen LogP contribution is 2.18. The van der Waals surface area contributed by atoms with Gasteiger partial charge in [-0.15, -0.1) is 0 Å². The smallest absolute Gasteiger partial charge is 0.315 e. The highest BCUT2D eigenvalue weighted by Gasteiger charge is 2.20. The number of nitrogens with one attached hydrogen (secondary N) is 2. The van der Waals surface area contributed by atoms with E-state index in [4.69, 9.17) is 0 Å². The molecule has 5 nitrogen and oxygen atoms in total. The summed E-state index contributed by atoms with van der Waals surface area (Å²) in [6.07, 6.45) is 3.09. The van der Waals surface area contributed by atoms with Gasteiger partial charge in [-0.25, -0.2) is 4.79 Å². The molecule has 2 rings (SSSR count). The van der Waals surface area contributed by atoms with Crippen molar-refractivity contribution in [3.8, 4) is 0 Å². The SMILES string of the molecule is CCN(CCNC(=O)NC1CCC(O)CC1)c1cccc(C)c1. The molecule has 1 aromatic carbocycles. The number of hydrogen-bond donors (Lipinski definition) is 3. The first kappa shape index (κ1) is 17.6. The van der Waals surface area contributed by atoms with Crippen LogP contribution in [-0.4, -0.2) is 42.9 Å². The molecule has 2 amide bonds. The van der Waals surface area contributed by atoms with Crippen molar-refractivity contribution < 1.29 is 9.90 Å². The van der Waals surface area contributed by atoms with Gasteiger partial charge in [-0.2, -0.15) is 0 Å². The number of urea groups is 1. The Hall–Kier alpha value is -1.75. The van der Waals surface area contributed by atoms with Gasteiger partial charge in [0.15, 0.2) is 0 Å². The van der Waals surface area contributed by atoms with E-state index in [1.165, 1.54) is 11.3 Å². The average molecular weight is 319 g/mol. The number of carbonyl (C=O) groups excluding carboxylic acids is 1. The zero-order valence-corrected chi connectivity index (χ0v) is 14.2. The molecule has 128 valence electrons. The second-order valence-corrected chi connectivity index (χ2v) is 6.32. The minimum absolute atomic E-state index is 0.105. The van der Waals surface area contributed by atoms with E-state index >= 15 is 0 Å². The molecule has 5 heteroatoms. The van der Waals surface area contributed by atoms with Crippen LogP contribution in [-0.2, 0) is 0 Å². The van der Waals surface area contributed by atoms with Crippen molar-refractivity contribution in [1.29, 1.82) is 0 Å². The Bertz CT molecular complexity index is 499. The van der Waals surface area contributed by atoms with Crippen molar-refractivity contribution in [2.45, 2.75) is 51.7 Å². The first-order valence-electron chi connectivity index (χ1n) is 8.62. The molecular weight excluding hydrogens is 290 g/mol. The van der Waals surface area contributed by atoms with Gasteiger partial charge in [0.1, 0.15) is 0 Å². The summed E-state index contributed by atoms with van der Waals surface area (Å²) in [6.45, 7) is 6.52. The summed E-state index contributed by atoms with van der Waals surface area (Å²) in [6, 6.07) is 8.50. The van der Waals surface area contributed by atoms with E-state index < -0.39 is 0 Å². The Morgan fingerprint density at radius 2 is 2.04 bits per heavy atom. The van der Waals surface area contributed by atoms with Crippen LogP contribution >= 0.6 is 0 Å². The first-order chi connectivity index (χ1) is 11.1. The summed E-state index contributed by atoms with van der Waals surface area (Å²) in [5.41, 5.74) is 2.43. The molecule has 0 unspecified atom stereocenters. The number of carbonyl (C=O) groups is 1. The van der Waals surface area contributed by atoms with Crippen LogP contribution in [0.15, 0.2) is 24.3 Å². The van der Waals surface area contributed by atoms with Crippen LogP contribution < -0.4 is 15.5 Å². The third-order valence-corrected chi connectivity index (χ3v) is 4.45. The molecule has 1 aliphatic carbocycles. The number of hydrogen-bond acceptors (Lipinski definition) is 3. The third kappa shape index (κ3) is 5.75. The van der Waals surface area contributed by atoms with E-state index in [0.717, 1.165) is 38.8 Å². The molecule has 0 bridgehead atoms. The predicted molar refractivity (Wildman–Crippen MR) is 93.9 cm³/mol. The molecule has 0 aromatic heterocycles. The fraction of sp³-hybridized carbons (Fsp3) is 0.611. The van der Waals surface area contributed by atoms with Crippen LogP contribution in [0.25, 0.3) is 0 Å². The van der Waals surface area contributed by atoms with Gasteiger partial charge < -0.3 is 20.6 Å². The number of anilines is 1. The highest BCUT2D eigenvalue weighted by atomic mass is 16.3. The molecule has 3 N–H and O–H groups in total. The first-order valence-corrected chi connectivity index (χ1v) is 8.62. The number of benzene rings is 1. The lowest BCUT2D eigenvalue weighted by atomic mass is 9.93. The summed E-state index contributed by atoms with van der Waals surface area (Å²) in [7, 11) is 0. The number of rotatable bonds is 6. The summed E-state index contributed by atoms with van der Waals surface area (Å²) in [4.78, 5) is 14.2. The quantitative estimate of drug-likeness (QED) is 0.754. The maximum Gasteiger partial charge on any atom is 0.315 e. The Morgan fingerprint density at radius 1 is 1.30 bits per heavy atom. The van der Waals surface area contributed by atoms with Crippen LogP contribution in [0.2, 0.25) is 0 Å². The number of aliphatic hydroxyl groups is 1. The van der Waals surface area contributed by atoms with Crippen LogP contribution in [0.3, 0.4) is 0 Å². The number of aliphatic hydroxyl groups excluding tert-OH is 1. The third-order valence-electron chi connectivity index (χ3n) is 4.45. The second-order valence-electron chi connectivity index (χ2n) is 6.32. The van der Waals surface area contributed by atoms with Gasteiger partial charge in [0, 0.05) is 31.4 Å². The summed E-state index contributed by atoms with van der Waals surface area (Å²) >= 11 is 0. The van der Waals surface area contributed by atoms with E-state index in [1.54, 1.807) is 0 Å². The van der Waals surface area contributed by atoms with Crippen LogP contribution in [0.5, 0.6) is 0 Å². The summed E-state index contributed by atoms with van der Waals surface area (Å²) in [5.74, 6) is 0. The number of nitrogens with zero attached hydrogens (tertiary/aromatic N) is 1. The Labute approximate surface area is 139 Å². The van der Waals surface area contributed by atoms with Crippen molar-refractivity contribution in [3.05, 3.63) is 29.8 Å². The van der Waals surface area contributed by atoms with Gasteiger partial charge in [0.2, 0.25) is 0 Å². The molecule has 1 aliphatic rings. The van der Waals surface area contributed by atoms with E-state index in [2.05, 4.69) is 53.6 Å². The van der Waals surface area contributed by atoms with Crippen LogP contribution in [0.1, 0.15) is 38.2 Å². The molecule has 1 aromatic rings. The van der Waals surface area contributed by atoms with Gasteiger partial charge >= 0.3 is 6.03 Å². The Balaban J connectivity index is 1.71. The maximum absolute atomic E-state index is 12.0. The standard InChI is InChI=1S/C18H29N3O2/c1-3-21(16-6-4-5-14(2)13-16)12-11-19-18(23)20-15-7-9-17(22)10-8-15/h4-6,13,15,17,22H,3,7-12H2,1-2H3,(H2,19,20,23). The van der Waals surface area contributed by atoms with Crippen molar-refractivity contribution in [3.63, 3.8) is 0 Å². The maximum atomic E-state index is 12.0. The highest BCUT2D eigenvalue weighted by molar-refractivity contribution is 5.74. The molecule has 1 fully saturated rings. The van der Waals surface area contributed by atoms with Crippen molar-refractivity contribution in [2.75, 3.05) is 24.5 Å². The second kappa shape index (κ2) is 8.77. The molecule has 23 heavy (non-hydrogen) atoms. The predicted octanol–water partition coefficient (Wildman–Crippen LogP) is 2.42. The molecule has 0 radical (unpaired) electrons. The van der Waals surface area contributed by atoms with Crippen LogP contribution in [0.4, 0.5) is 10.5 Å². The monoisotopic (exact) mass is 319 g/mol. The van der Waals surface area contributed by atoms with E-state index in [1.807, 2.05) is 0 Å². The van der Waals surface area contributed by atoms with Crippen LogP contribution in [0, 0.1) is 6.92 Å². The van der Waals surface area contributed by atoms with E-state index in [-0.39, 0.29) is 18.2 Å². The van der Waals surface area contributed by atoms with Gasteiger partial charge in [-0.05, 0) is 57.2 Å². The summed E-state index contributed by atoms with van der Waals surface area (Å²) < 4.78 is 0. The molecule has 0 heterocycles. The van der Waals surface area contributed by atoms with Gasteiger partial charge in [0.25, 0.3) is 0 Å². The molecule has 1 saturated carbocycles. The topological polar surface area (TPSA) is 64.6 Å². The minimum Gasteiger partial charge on any atom is -0.393 e. The molecular formula is C18H29N3O2. The summed E-state index contributed by atoms with van der Waals surface area (Å²) in [5, 5.41) is 15.4.